The lowest BCUT2D eigenvalue weighted by molar-refractivity contribution is -0.137. The highest BCUT2D eigenvalue weighted by Gasteiger charge is 2.52. The van der Waals surface area contributed by atoms with Crippen LogP contribution in [0, 0.1) is 22.7 Å². The van der Waals surface area contributed by atoms with E-state index in [0.717, 1.165) is 6.07 Å². The quantitative estimate of drug-likeness (QED) is 0.652. The molecule has 2 atom stereocenters. The van der Waals surface area contributed by atoms with Crippen molar-refractivity contribution in [3.05, 3.63) is 29.3 Å². The molecular weight excluding hydrogens is 433 g/mol. The van der Waals surface area contributed by atoms with Crippen molar-refractivity contribution in [3.8, 4) is 6.07 Å². The number of alkyl halides is 3. The van der Waals surface area contributed by atoms with Crippen LogP contribution in [0.4, 0.5) is 18.9 Å². The number of ether oxygens (including phenoxy) is 1. The van der Waals surface area contributed by atoms with Crippen molar-refractivity contribution in [2.24, 2.45) is 11.3 Å². The van der Waals surface area contributed by atoms with Crippen molar-refractivity contribution in [3.63, 3.8) is 0 Å². The summed E-state index contributed by atoms with van der Waals surface area (Å²) in [6, 6.07) is 5.33. The molecule has 0 spiro atoms. The predicted octanol–water partition coefficient (Wildman–Crippen LogP) is 2.55. The Labute approximate surface area is 181 Å². The summed E-state index contributed by atoms with van der Waals surface area (Å²) in [5.41, 5.74) is -1.53. The SMILES string of the molecule is CCOC[C@@]12CN(c3ccc(C#N)c(C(F)(F)F)c3)C[C@@H]1CCN(S(=O)(=O)N(C)C)C2. The molecule has 0 bridgehead atoms. The van der Waals surface area contributed by atoms with Gasteiger partial charge in [-0.05, 0) is 37.5 Å². The zero-order chi connectivity index (χ0) is 23.0. The monoisotopic (exact) mass is 460 g/mol. The molecule has 0 N–H and O–H groups in total. The number of nitriles is 1. The van der Waals surface area contributed by atoms with Crippen LogP contribution in [0.1, 0.15) is 24.5 Å². The fraction of sp³-hybridized carbons (Fsp3) is 0.650. The van der Waals surface area contributed by atoms with Crippen LogP contribution in [0.3, 0.4) is 0 Å². The van der Waals surface area contributed by atoms with Gasteiger partial charge in [-0.25, -0.2) is 0 Å². The maximum Gasteiger partial charge on any atom is 0.417 e. The van der Waals surface area contributed by atoms with Crippen LogP contribution >= 0.6 is 0 Å². The second-order valence-electron chi connectivity index (χ2n) is 8.33. The van der Waals surface area contributed by atoms with E-state index in [9.17, 15) is 21.6 Å². The van der Waals surface area contributed by atoms with Gasteiger partial charge in [0.05, 0.1) is 23.8 Å². The Balaban J connectivity index is 1.94. The summed E-state index contributed by atoms with van der Waals surface area (Å²) < 4.78 is 74.0. The summed E-state index contributed by atoms with van der Waals surface area (Å²) >= 11 is 0. The lowest BCUT2D eigenvalue weighted by Gasteiger charge is -2.43. The number of nitrogens with zero attached hydrogens (tertiary/aromatic N) is 4. The number of rotatable bonds is 6. The van der Waals surface area contributed by atoms with Gasteiger partial charge in [-0.2, -0.15) is 35.5 Å². The van der Waals surface area contributed by atoms with E-state index < -0.39 is 32.9 Å². The van der Waals surface area contributed by atoms with Gasteiger partial charge in [0.2, 0.25) is 0 Å². The van der Waals surface area contributed by atoms with E-state index in [1.54, 1.807) is 6.07 Å². The molecule has 1 aromatic rings. The average Bonchev–Trinajstić information content (AvgIpc) is 3.10. The molecule has 2 aliphatic rings. The van der Waals surface area contributed by atoms with E-state index in [0.29, 0.717) is 45.0 Å². The Morgan fingerprint density at radius 3 is 2.61 bits per heavy atom. The lowest BCUT2D eigenvalue weighted by Crippen LogP contribution is -2.55. The van der Waals surface area contributed by atoms with Crippen LogP contribution in [0.25, 0.3) is 0 Å². The third kappa shape index (κ3) is 4.53. The number of halogens is 3. The fourth-order valence-corrected chi connectivity index (χ4v) is 5.76. The second kappa shape index (κ2) is 8.58. The molecule has 7 nitrogen and oxygen atoms in total. The summed E-state index contributed by atoms with van der Waals surface area (Å²) in [5, 5.41) is 9.05. The smallest absolute Gasteiger partial charge is 0.381 e. The number of benzene rings is 1. The Kier molecular flexibility index (Phi) is 6.58. The molecule has 2 fully saturated rings. The van der Waals surface area contributed by atoms with Crippen LogP contribution in [-0.4, -0.2) is 70.5 Å². The van der Waals surface area contributed by atoms with E-state index in [-0.39, 0.29) is 12.5 Å². The first-order chi connectivity index (χ1) is 14.4. The van der Waals surface area contributed by atoms with E-state index in [4.69, 9.17) is 10.00 Å². The predicted molar refractivity (Wildman–Crippen MR) is 110 cm³/mol. The number of fused-ring (bicyclic) bond motifs is 1. The zero-order valence-corrected chi connectivity index (χ0v) is 18.6. The molecule has 2 aliphatic heterocycles. The normalized spacial score (nSPS) is 25.0. The number of anilines is 1. The summed E-state index contributed by atoms with van der Waals surface area (Å²) in [6.07, 6.45) is -4.04. The van der Waals surface area contributed by atoms with E-state index >= 15 is 0 Å². The van der Waals surface area contributed by atoms with Crippen molar-refractivity contribution in [1.29, 1.82) is 5.26 Å². The van der Waals surface area contributed by atoms with E-state index in [2.05, 4.69) is 0 Å². The fourth-order valence-electron chi connectivity index (χ4n) is 4.54. The van der Waals surface area contributed by atoms with Crippen molar-refractivity contribution < 1.29 is 26.3 Å². The molecule has 1 aromatic carbocycles. The van der Waals surface area contributed by atoms with Crippen LogP contribution in [0.5, 0.6) is 0 Å². The summed E-state index contributed by atoms with van der Waals surface area (Å²) in [4.78, 5) is 1.85. The Morgan fingerprint density at radius 1 is 1.32 bits per heavy atom. The molecule has 31 heavy (non-hydrogen) atoms. The van der Waals surface area contributed by atoms with Gasteiger partial charge in [-0.1, -0.05) is 0 Å². The molecule has 2 saturated heterocycles. The Hall–Kier alpha value is -1.87. The molecule has 11 heteroatoms. The first-order valence-corrected chi connectivity index (χ1v) is 11.5. The maximum atomic E-state index is 13.4. The standard InChI is InChI=1S/C20H27F3N4O3S/c1-4-30-14-19-12-26(17-6-5-15(10-24)18(9-17)20(21,22)23)11-16(19)7-8-27(13-19)31(28,29)25(2)3/h5-6,9,16H,4,7-8,11-14H2,1-3H3/t16-,19-/m0/s1. The topological polar surface area (TPSA) is 76.9 Å². The van der Waals surface area contributed by atoms with E-state index in [1.807, 2.05) is 11.8 Å². The first-order valence-electron chi connectivity index (χ1n) is 10.1. The summed E-state index contributed by atoms with van der Waals surface area (Å²) in [6.45, 7) is 4.12. The molecule has 3 rings (SSSR count). The van der Waals surface area contributed by atoms with Gasteiger partial charge in [-0.3, -0.25) is 0 Å². The highest BCUT2D eigenvalue weighted by atomic mass is 32.2. The first kappa shape index (κ1) is 23.8. The van der Waals surface area contributed by atoms with E-state index in [1.165, 1.54) is 34.8 Å². The molecule has 2 heterocycles. The minimum atomic E-state index is -4.63. The third-order valence-corrected chi connectivity index (χ3v) is 8.09. The van der Waals surface area contributed by atoms with Crippen molar-refractivity contribution in [1.82, 2.24) is 8.61 Å². The van der Waals surface area contributed by atoms with Crippen molar-refractivity contribution >= 4 is 15.9 Å². The summed E-state index contributed by atoms with van der Waals surface area (Å²) in [5.74, 6) is 0.0812. The van der Waals surface area contributed by atoms with Gasteiger partial charge < -0.3 is 9.64 Å². The lowest BCUT2D eigenvalue weighted by atomic mass is 9.74. The number of hydrogen-bond acceptors (Lipinski definition) is 5. The Bertz CT molecular complexity index is 961. The molecule has 0 aromatic heterocycles. The number of hydrogen-bond donors (Lipinski definition) is 0. The highest BCUT2D eigenvalue weighted by Crippen LogP contribution is 2.45. The largest absolute Gasteiger partial charge is 0.417 e. The van der Waals surface area contributed by atoms with Crippen LogP contribution in [0.2, 0.25) is 0 Å². The van der Waals surface area contributed by atoms with Gasteiger partial charge in [0.25, 0.3) is 10.2 Å². The number of piperidine rings is 1. The summed E-state index contributed by atoms with van der Waals surface area (Å²) in [7, 11) is -0.653. The van der Waals surface area contributed by atoms with Gasteiger partial charge in [0.15, 0.2) is 0 Å². The molecular formula is C20H27F3N4O3S. The van der Waals surface area contributed by atoms with Crippen molar-refractivity contribution in [2.75, 3.05) is 58.4 Å². The minimum Gasteiger partial charge on any atom is -0.381 e. The molecule has 0 radical (unpaired) electrons. The van der Waals surface area contributed by atoms with Crippen LogP contribution < -0.4 is 4.90 Å². The van der Waals surface area contributed by atoms with Gasteiger partial charge in [0.1, 0.15) is 0 Å². The maximum absolute atomic E-state index is 13.4. The molecule has 0 amide bonds. The molecule has 0 aliphatic carbocycles. The Morgan fingerprint density at radius 2 is 2.03 bits per heavy atom. The average molecular weight is 461 g/mol. The molecule has 172 valence electrons. The van der Waals surface area contributed by atoms with Gasteiger partial charge >= 0.3 is 6.18 Å². The minimum absolute atomic E-state index is 0.0812. The zero-order valence-electron chi connectivity index (χ0n) is 17.8. The van der Waals surface area contributed by atoms with Gasteiger partial charge in [0, 0.05) is 58.0 Å². The van der Waals surface area contributed by atoms with Crippen LogP contribution in [0.15, 0.2) is 18.2 Å². The second-order valence-corrected chi connectivity index (χ2v) is 10.5. The highest BCUT2D eigenvalue weighted by molar-refractivity contribution is 7.86. The molecule has 0 saturated carbocycles. The third-order valence-electron chi connectivity index (χ3n) is 6.21. The van der Waals surface area contributed by atoms with Gasteiger partial charge in [-0.15, -0.1) is 0 Å². The van der Waals surface area contributed by atoms with Crippen molar-refractivity contribution in [2.45, 2.75) is 19.5 Å². The molecule has 0 unspecified atom stereocenters. The van der Waals surface area contributed by atoms with Crippen LogP contribution in [-0.2, 0) is 21.1 Å².